The van der Waals surface area contributed by atoms with Crippen LogP contribution in [0.3, 0.4) is 0 Å². The Morgan fingerprint density at radius 1 is 1.08 bits per heavy atom. The SMILES string of the molecule is CCNC(=NCCC1CCCC(C)C1)NCCNC(=O)C1CC1.I. The molecule has 2 aliphatic carbocycles. The minimum atomic E-state index is 0. The monoisotopic (exact) mass is 450 g/mol. The molecule has 2 fully saturated rings. The molecule has 2 rings (SSSR count). The lowest BCUT2D eigenvalue weighted by atomic mass is 9.81. The van der Waals surface area contributed by atoms with Crippen molar-refractivity contribution in [2.75, 3.05) is 26.2 Å². The summed E-state index contributed by atoms with van der Waals surface area (Å²) in [5.41, 5.74) is 0. The van der Waals surface area contributed by atoms with Crippen LogP contribution in [0.4, 0.5) is 0 Å². The Morgan fingerprint density at radius 2 is 1.83 bits per heavy atom. The van der Waals surface area contributed by atoms with Gasteiger partial charge in [0.05, 0.1) is 0 Å². The van der Waals surface area contributed by atoms with Crippen molar-refractivity contribution in [3.8, 4) is 0 Å². The molecule has 0 saturated heterocycles. The first-order valence-electron chi connectivity index (χ1n) is 9.49. The van der Waals surface area contributed by atoms with Gasteiger partial charge in [0, 0.05) is 32.1 Å². The van der Waals surface area contributed by atoms with E-state index < -0.39 is 0 Å². The highest BCUT2D eigenvalue weighted by atomic mass is 127. The summed E-state index contributed by atoms with van der Waals surface area (Å²) in [7, 11) is 0. The van der Waals surface area contributed by atoms with Crippen molar-refractivity contribution in [1.29, 1.82) is 0 Å². The number of guanidine groups is 1. The van der Waals surface area contributed by atoms with E-state index in [1.807, 2.05) is 0 Å². The maximum absolute atomic E-state index is 11.6. The zero-order valence-electron chi connectivity index (χ0n) is 15.3. The molecular weight excluding hydrogens is 415 g/mol. The molecule has 2 unspecified atom stereocenters. The highest BCUT2D eigenvalue weighted by Crippen LogP contribution is 2.30. The molecule has 0 heterocycles. The van der Waals surface area contributed by atoms with Gasteiger partial charge in [-0.3, -0.25) is 9.79 Å². The van der Waals surface area contributed by atoms with Crippen LogP contribution in [0, 0.1) is 17.8 Å². The average Bonchev–Trinajstić information content (AvgIpc) is 3.36. The predicted molar refractivity (Wildman–Crippen MR) is 111 cm³/mol. The summed E-state index contributed by atoms with van der Waals surface area (Å²) in [6.07, 6.45) is 8.83. The van der Waals surface area contributed by atoms with Crippen LogP contribution in [0.15, 0.2) is 4.99 Å². The highest BCUT2D eigenvalue weighted by Gasteiger charge is 2.28. The van der Waals surface area contributed by atoms with Crippen LogP contribution >= 0.6 is 24.0 Å². The largest absolute Gasteiger partial charge is 0.357 e. The van der Waals surface area contributed by atoms with E-state index in [1.165, 1.54) is 32.1 Å². The molecule has 3 N–H and O–H groups in total. The van der Waals surface area contributed by atoms with Gasteiger partial charge in [0.25, 0.3) is 0 Å². The molecule has 0 aromatic rings. The van der Waals surface area contributed by atoms with Crippen molar-refractivity contribution in [1.82, 2.24) is 16.0 Å². The van der Waals surface area contributed by atoms with Gasteiger partial charge in [-0.15, -0.1) is 24.0 Å². The number of aliphatic imine (C=N–C) groups is 1. The molecule has 6 heteroatoms. The van der Waals surface area contributed by atoms with E-state index in [1.54, 1.807) is 0 Å². The van der Waals surface area contributed by atoms with Gasteiger partial charge >= 0.3 is 0 Å². The number of halogens is 1. The molecule has 0 aliphatic heterocycles. The highest BCUT2D eigenvalue weighted by molar-refractivity contribution is 14.0. The zero-order chi connectivity index (χ0) is 16.5. The molecule has 2 saturated carbocycles. The normalized spacial score (nSPS) is 24.0. The topological polar surface area (TPSA) is 65.5 Å². The Kier molecular flexibility index (Phi) is 10.7. The molecule has 1 amide bonds. The molecule has 0 aromatic carbocycles. The van der Waals surface area contributed by atoms with Gasteiger partial charge in [0.2, 0.25) is 5.91 Å². The molecule has 2 aliphatic rings. The molecule has 0 aromatic heterocycles. The van der Waals surface area contributed by atoms with Crippen molar-refractivity contribution in [3.05, 3.63) is 0 Å². The summed E-state index contributed by atoms with van der Waals surface area (Å²) in [6, 6.07) is 0. The van der Waals surface area contributed by atoms with Gasteiger partial charge in [-0.05, 0) is 44.4 Å². The summed E-state index contributed by atoms with van der Waals surface area (Å²) in [4.78, 5) is 16.2. The third-order valence-corrected chi connectivity index (χ3v) is 4.86. The van der Waals surface area contributed by atoms with E-state index >= 15 is 0 Å². The Bertz CT molecular complexity index is 398. The van der Waals surface area contributed by atoms with Crippen molar-refractivity contribution in [2.24, 2.45) is 22.7 Å². The van der Waals surface area contributed by atoms with E-state index in [0.717, 1.165) is 50.3 Å². The summed E-state index contributed by atoms with van der Waals surface area (Å²) in [5.74, 6) is 3.11. The number of carbonyl (C=O) groups excluding carboxylic acids is 1. The number of carbonyl (C=O) groups is 1. The van der Waals surface area contributed by atoms with Crippen LogP contribution in [0.1, 0.15) is 58.8 Å². The Morgan fingerprint density at radius 3 is 2.50 bits per heavy atom. The number of hydrogen-bond donors (Lipinski definition) is 3. The molecule has 5 nitrogen and oxygen atoms in total. The lowest BCUT2D eigenvalue weighted by molar-refractivity contribution is -0.122. The number of nitrogens with one attached hydrogen (secondary N) is 3. The van der Waals surface area contributed by atoms with Gasteiger partial charge in [-0.25, -0.2) is 0 Å². The van der Waals surface area contributed by atoms with Gasteiger partial charge < -0.3 is 16.0 Å². The maximum Gasteiger partial charge on any atom is 0.223 e. The number of hydrogen-bond acceptors (Lipinski definition) is 2. The van der Waals surface area contributed by atoms with E-state index in [0.29, 0.717) is 6.54 Å². The summed E-state index contributed by atoms with van der Waals surface area (Å²) >= 11 is 0. The minimum Gasteiger partial charge on any atom is -0.357 e. The Labute approximate surface area is 164 Å². The predicted octanol–water partition coefficient (Wildman–Crippen LogP) is 2.90. The third-order valence-electron chi connectivity index (χ3n) is 4.86. The molecule has 2 atom stereocenters. The number of amides is 1. The van der Waals surface area contributed by atoms with Crippen LogP contribution in [-0.2, 0) is 4.79 Å². The summed E-state index contributed by atoms with van der Waals surface area (Å²) in [6.45, 7) is 7.60. The second kappa shape index (κ2) is 11.9. The van der Waals surface area contributed by atoms with Crippen molar-refractivity contribution in [2.45, 2.75) is 58.8 Å². The average molecular weight is 450 g/mol. The molecule has 140 valence electrons. The third kappa shape index (κ3) is 8.53. The lowest BCUT2D eigenvalue weighted by Gasteiger charge is -2.26. The smallest absolute Gasteiger partial charge is 0.223 e. The van der Waals surface area contributed by atoms with E-state index in [9.17, 15) is 4.79 Å². The van der Waals surface area contributed by atoms with Crippen molar-refractivity contribution >= 4 is 35.8 Å². The first kappa shape index (κ1) is 21.5. The summed E-state index contributed by atoms with van der Waals surface area (Å²) < 4.78 is 0. The van der Waals surface area contributed by atoms with Gasteiger partial charge in [0.15, 0.2) is 5.96 Å². The van der Waals surface area contributed by atoms with E-state index in [-0.39, 0.29) is 35.8 Å². The molecule has 0 radical (unpaired) electrons. The fourth-order valence-electron chi connectivity index (χ4n) is 3.38. The first-order chi connectivity index (χ1) is 11.2. The molecule has 0 spiro atoms. The Hall–Kier alpha value is -0.530. The van der Waals surface area contributed by atoms with E-state index in [2.05, 4.69) is 34.8 Å². The zero-order valence-corrected chi connectivity index (χ0v) is 17.6. The van der Waals surface area contributed by atoms with Crippen LogP contribution in [0.2, 0.25) is 0 Å². The maximum atomic E-state index is 11.6. The number of rotatable bonds is 8. The van der Waals surface area contributed by atoms with Crippen LogP contribution < -0.4 is 16.0 Å². The first-order valence-corrected chi connectivity index (χ1v) is 9.49. The van der Waals surface area contributed by atoms with Gasteiger partial charge in [-0.1, -0.05) is 26.2 Å². The molecular formula is C18H35IN4O. The molecule has 24 heavy (non-hydrogen) atoms. The quantitative estimate of drug-likeness (QED) is 0.231. The van der Waals surface area contributed by atoms with Crippen LogP contribution in [0.25, 0.3) is 0 Å². The van der Waals surface area contributed by atoms with E-state index in [4.69, 9.17) is 0 Å². The fourth-order valence-corrected chi connectivity index (χ4v) is 3.38. The minimum absolute atomic E-state index is 0. The lowest BCUT2D eigenvalue weighted by Crippen LogP contribution is -2.41. The van der Waals surface area contributed by atoms with Crippen LogP contribution in [-0.4, -0.2) is 38.0 Å². The second-order valence-electron chi connectivity index (χ2n) is 7.18. The van der Waals surface area contributed by atoms with Crippen LogP contribution in [0.5, 0.6) is 0 Å². The standard InChI is InChI=1S/C18H34N4O.HI/c1-3-19-18(22-12-11-20-17(23)16-7-8-16)21-10-9-15-6-4-5-14(2)13-15;/h14-16H,3-13H2,1-2H3,(H,20,23)(H2,19,21,22);1H. The molecule has 0 bridgehead atoms. The van der Waals surface area contributed by atoms with Crippen molar-refractivity contribution < 1.29 is 4.79 Å². The summed E-state index contributed by atoms with van der Waals surface area (Å²) in [5, 5.41) is 9.56. The Balaban J connectivity index is 0.00000288. The van der Waals surface area contributed by atoms with Crippen molar-refractivity contribution in [3.63, 3.8) is 0 Å². The number of nitrogens with zero attached hydrogens (tertiary/aromatic N) is 1. The van der Waals surface area contributed by atoms with Gasteiger partial charge in [-0.2, -0.15) is 0 Å². The fraction of sp³-hybridized carbons (Fsp3) is 0.889. The van der Waals surface area contributed by atoms with Gasteiger partial charge in [0.1, 0.15) is 0 Å². The second-order valence-corrected chi connectivity index (χ2v) is 7.18.